The van der Waals surface area contributed by atoms with Gasteiger partial charge < -0.3 is 10.6 Å². The number of H-pyrrole nitrogens is 1. The second-order valence-electron chi connectivity index (χ2n) is 2.66. The highest BCUT2D eigenvalue weighted by atomic mass is 16.2. The van der Waals surface area contributed by atoms with E-state index in [1.54, 1.807) is 11.1 Å². The number of rotatable bonds is 4. The molecule has 1 heterocycles. The summed E-state index contributed by atoms with van der Waals surface area (Å²) in [5, 5.41) is 6.32. The number of aromatic nitrogens is 2. The summed E-state index contributed by atoms with van der Waals surface area (Å²) in [4.78, 5) is 13.3. The SMILES string of the molecule is CCN(CCN)C(=O)c1cn[nH]c1. The van der Waals surface area contributed by atoms with Gasteiger partial charge in [0.05, 0.1) is 11.8 Å². The van der Waals surface area contributed by atoms with Crippen LogP contribution in [0.3, 0.4) is 0 Å². The van der Waals surface area contributed by atoms with Crippen LogP contribution in [0.5, 0.6) is 0 Å². The van der Waals surface area contributed by atoms with Gasteiger partial charge in [-0.2, -0.15) is 5.10 Å². The van der Waals surface area contributed by atoms with Gasteiger partial charge in [0, 0.05) is 25.8 Å². The van der Waals surface area contributed by atoms with Crippen LogP contribution in [0.1, 0.15) is 17.3 Å². The third-order valence-electron chi connectivity index (χ3n) is 1.81. The van der Waals surface area contributed by atoms with Crippen molar-refractivity contribution in [2.75, 3.05) is 19.6 Å². The summed E-state index contributed by atoms with van der Waals surface area (Å²) in [6.45, 7) is 3.66. The van der Waals surface area contributed by atoms with Crippen LogP contribution >= 0.6 is 0 Å². The van der Waals surface area contributed by atoms with Crippen LogP contribution in [0.25, 0.3) is 0 Å². The Morgan fingerprint density at radius 2 is 2.54 bits per heavy atom. The number of nitrogens with two attached hydrogens (primary N) is 1. The first-order valence-corrected chi connectivity index (χ1v) is 4.27. The lowest BCUT2D eigenvalue weighted by molar-refractivity contribution is 0.0769. The van der Waals surface area contributed by atoms with Gasteiger partial charge in [0.2, 0.25) is 0 Å². The fraction of sp³-hybridized carbons (Fsp3) is 0.500. The maximum absolute atomic E-state index is 11.6. The number of carbonyl (C=O) groups excluding carboxylic acids is 1. The molecule has 5 nitrogen and oxygen atoms in total. The summed E-state index contributed by atoms with van der Waals surface area (Å²) in [5.74, 6) is -0.0262. The van der Waals surface area contributed by atoms with Crippen molar-refractivity contribution in [3.8, 4) is 0 Å². The van der Waals surface area contributed by atoms with Gasteiger partial charge in [-0.1, -0.05) is 0 Å². The minimum absolute atomic E-state index is 0.0262. The van der Waals surface area contributed by atoms with E-state index in [-0.39, 0.29) is 5.91 Å². The molecule has 0 saturated heterocycles. The van der Waals surface area contributed by atoms with E-state index in [0.29, 0.717) is 25.2 Å². The van der Waals surface area contributed by atoms with E-state index in [9.17, 15) is 4.79 Å². The van der Waals surface area contributed by atoms with Crippen molar-refractivity contribution in [3.05, 3.63) is 18.0 Å². The molecule has 13 heavy (non-hydrogen) atoms. The predicted molar refractivity (Wildman–Crippen MR) is 49.2 cm³/mol. The van der Waals surface area contributed by atoms with Crippen molar-refractivity contribution in [1.82, 2.24) is 15.1 Å². The molecule has 1 aromatic heterocycles. The van der Waals surface area contributed by atoms with Gasteiger partial charge in [0.25, 0.3) is 5.91 Å². The monoisotopic (exact) mass is 182 g/mol. The first-order chi connectivity index (χ1) is 6.29. The molecule has 0 radical (unpaired) electrons. The third kappa shape index (κ3) is 2.29. The summed E-state index contributed by atoms with van der Waals surface area (Å²) in [5.41, 5.74) is 5.96. The number of hydrogen-bond acceptors (Lipinski definition) is 3. The Hall–Kier alpha value is -1.36. The van der Waals surface area contributed by atoms with Crippen molar-refractivity contribution < 1.29 is 4.79 Å². The summed E-state index contributed by atoms with van der Waals surface area (Å²) < 4.78 is 0. The summed E-state index contributed by atoms with van der Waals surface area (Å²) in [6.07, 6.45) is 3.10. The number of carbonyl (C=O) groups is 1. The van der Waals surface area contributed by atoms with E-state index >= 15 is 0 Å². The molecule has 5 heteroatoms. The Morgan fingerprint density at radius 1 is 1.77 bits per heavy atom. The zero-order valence-electron chi connectivity index (χ0n) is 7.66. The van der Waals surface area contributed by atoms with Crippen LogP contribution in [0, 0.1) is 0 Å². The average Bonchev–Trinajstić information content (AvgIpc) is 2.65. The van der Waals surface area contributed by atoms with Crippen molar-refractivity contribution in [2.45, 2.75) is 6.92 Å². The zero-order valence-corrected chi connectivity index (χ0v) is 7.66. The first kappa shape index (κ1) is 9.73. The van der Waals surface area contributed by atoms with Crippen LogP contribution < -0.4 is 5.73 Å². The fourth-order valence-electron chi connectivity index (χ4n) is 1.11. The Labute approximate surface area is 76.9 Å². The lowest BCUT2D eigenvalue weighted by atomic mass is 10.3. The molecule has 0 aliphatic carbocycles. The molecule has 0 unspecified atom stereocenters. The molecule has 1 amide bonds. The Morgan fingerprint density at radius 3 is 3.00 bits per heavy atom. The second kappa shape index (κ2) is 4.61. The van der Waals surface area contributed by atoms with E-state index < -0.39 is 0 Å². The van der Waals surface area contributed by atoms with Crippen LogP contribution in [0.4, 0.5) is 0 Å². The lowest BCUT2D eigenvalue weighted by Crippen LogP contribution is -2.34. The zero-order chi connectivity index (χ0) is 9.68. The maximum atomic E-state index is 11.6. The molecule has 0 aliphatic heterocycles. The molecular formula is C8H14N4O. The van der Waals surface area contributed by atoms with E-state index in [2.05, 4.69) is 10.2 Å². The molecule has 1 aromatic rings. The van der Waals surface area contributed by atoms with Crippen LogP contribution in [-0.4, -0.2) is 40.6 Å². The average molecular weight is 182 g/mol. The van der Waals surface area contributed by atoms with Crippen molar-refractivity contribution in [3.63, 3.8) is 0 Å². The molecule has 3 N–H and O–H groups in total. The van der Waals surface area contributed by atoms with E-state index in [1.807, 2.05) is 6.92 Å². The van der Waals surface area contributed by atoms with E-state index in [4.69, 9.17) is 5.73 Å². The molecule has 0 aliphatic rings. The highest BCUT2D eigenvalue weighted by molar-refractivity contribution is 5.93. The maximum Gasteiger partial charge on any atom is 0.257 e. The van der Waals surface area contributed by atoms with Crippen molar-refractivity contribution in [1.29, 1.82) is 0 Å². The molecule has 0 saturated carbocycles. The molecule has 0 spiro atoms. The number of likely N-dealkylation sites (N-methyl/N-ethyl adjacent to an activating group) is 1. The van der Waals surface area contributed by atoms with Crippen LogP contribution in [-0.2, 0) is 0 Å². The van der Waals surface area contributed by atoms with E-state index in [1.165, 1.54) is 6.20 Å². The lowest BCUT2D eigenvalue weighted by Gasteiger charge is -2.18. The molecule has 0 fully saturated rings. The number of hydrogen-bond donors (Lipinski definition) is 2. The van der Waals surface area contributed by atoms with Gasteiger partial charge in [-0.05, 0) is 6.92 Å². The molecule has 72 valence electrons. The van der Waals surface area contributed by atoms with Gasteiger partial charge in [0.15, 0.2) is 0 Å². The Kier molecular flexibility index (Phi) is 3.45. The minimum atomic E-state index is -0.0262. The topological polar surface area (TPSA) is 75.0 Å². The van der Waals surface area contributed by atoms with Gasteiger partial charge >= 0.3 is 0 Å². The van der Waals surface area contributed by atoms with Crippen molar-refractivity contribution in [2.24, 2.45) is 5.73 Å². The standard InChI is InChI=1S/C8H14N4O/c1-2-12(4-3-9)8(13)7-5-10-11-6-7/h5-6H,2-4,9H2,1H3,(H,10,11). The first-order valence-electron chi connectivity index (χ1n) is 4.27. The number of aromatic amines is 1. The summed E-state index contributed by atoms with van der Waals surface area (Å²) >= 11 is 0. The predicted octanol–water partition coefficient (Wildman–Crippen LogP) is -0.169. The molecule has 0 bridgehead atoms. The van der Waals surface area contributed by atoms with Gasteiger partial charge in [0.1, 0.15) is 0 Å². The quantitative estimate of drug-likeness (QED) is 0.679. The van der Waals surface area contributed by atoms with Gasteiger partial charge in [-0.15, -0.1) is 0 Å². The van der Waals surface area contributed by atoms with Gasteiger partial charge in [-0.25, -0.2) is 0 Å². The largest absolute Gasteiger partial charge is 0.338 e. The number of nitrogens with one attached hydrogen (secondary N) is 1. The van der Waals surface area contributed by atoms with Gasteiger partial charge in [-0.3, -0.25) is 9.89 Å². The van der Waals surface area contributed by atoms with E-state index in [0.717, 1.165) is 0 Å². The Balaban J connectivity index is 2.65. The smallest absolute Gasteiger partial charge is 0.257 e. The molecule has 0 atom stereocenters. The highest BCUT2D eigenvalue weighted by Crippen LogP contribution is 2.00. The summed E-state index contributed by atoms with van der Waals surface area (Å²) in [6, 6.07) is 0. The fourth-order valence-corrected chi connectivity index (χ4v) is 1.11. The number of nitrogens with zero attached hydrogens (tertiary/aromatic N) is 2. The number of amides is 1. The Bertz CT molecular complexity index is 257. The second-order valence-corrected chi connectivity index (χ2v) is 2.66. The van der Waals surface area contributed by atoms with Crippen LogP contribution in [0.2, 0.25) is 0 Å². The van der Waals surface area contributed by atoms with Crippen LogP contribution in [0.15, 0.2) is 12.4 Å². The normalized spacial score (nSPS) is 10.0. The minimum Gasteiger partial charge on any atom is -0.338 e. The molecular weight excluding hydrogens is 168 g/mol. The molecule has 0 aromatic carbocycles. The third-order valence-corrected chi connectivity index (χ3v) is 1.81. The molecule has 1 rings (SSSR count). The van der Waals surface area contributed by atoms with Crippen molar-refractivity contribution >= 4 is 5.91 Å². The summed E-state index contributed by atoms with van der Waals surface area (Å²) in [7, 11) is 0. The highest BCUT2D eigenvalue weighted by Gasteiger charge is 2.13.